The topological polar surface area (TPSA) is 389 Å². The molecule has 1 unspecified atom stereocenters. The third-order valence-corrected chi connectivity index (χ3v) is 13.5. The molecule has 0 spiro atoms. The second kappa shape index (κ2) is 24.9. The largest absolute Gasteiger partial charge is 0.493 e. The number of amides is 2. The third-order valence-electron chi connectivity index (χ3n) is 12.5. The van der Waals surface area contributed by atoms with Gasteiger partial charge in [-0.15, -0.1) is 0 Å². The Morgan fingerprint density at radius 1 is 0.725 bits per heavy atom. The van der Waals surface area contributed by atoms with E-state index in [4.69, 9.17) is 28.4 Å². The van der Waals surface area contributed by atoms with Crippen molar-refractivity contribution in [2.24, 2.45) is 0 Å². The molecule has 4 saturated heterocycles. The number of aromatic nitrogens is 1. The molecule has 1 aliphatic carbocycles. The summed E-state index contributed by atoms with van der Waals surface area (Å²) in [5.74, 6) is 0.574. The number of nitrogens with one attached hydrogen (secondary N) is 2. The van der Waals surface area contributed by atoms with Crippen molar-refractivity contribution >= 4 is 22.9 Å². The van der Waals surface area contributed by atoms with Crippen molar-refractivity contribution in [3.63, 3.8) is 0 Å². The van der Waals surface area contributed by atoms with Gasteiger partial charge in [0.2, 0.25) is 5.91 Å². The van der Waals surface area contributed by atoms with Crippen molar-refractivity contribution in [1.29, 1.82) is 0 Å². The Morgan fingerprint density at radius 3 is 1.91 bits per heavy atom. The van der Waals surface area contributed by atoms with Gasteiger partial charge in [0.1, 0.15) is 85.1 Å². The highest BCUT2D eigenvalue weighted by molar-refractivity contribution is 8.15. The number of aliphatic hydroxyl groups excluding tert-OH is 13. The fraction of sp³-hybridized carbons (Fsp3) is 0.659. The average molecular weight is 1000 g/mol. The van der Waals surface area contributed by atoms with Gasteiger partial charge in [0.15, 0.2) is 18.9 Å². The van der Waals surface area contributed by atoms with Crippen molar-refractivity contribution in [2.75, 3.05) is 26.4 Å². The van der Waals surface area contributed by atoms with E-state index < -0.39 is 136 Å². The Bertz CT molecular complexity index is 1990. The van der Waals surface area contributed by atoms with E-state index in [0.29, 0.717) is 13.0 Å². The van der Waals surface area contributed by atoms with Gasteiger partial charge in [-0.05, 0) is 54.7 Å². The smallest absolute Gasteiger partial charge is 0.286 e. The highest BCUT2D eigenvalue weighted by Gasteiger charge is 2.53. The molecule has 1 aromatic carbocycles. The molecule has 20 atom stereocenters. The molecule has 7 rings (SSSR count). The predicted molar refractivity (Wildman–Crippen MR) is 236 cm³/mol. The van der Waals surface area contributed by atoms with E-state index in [1.165, 1.54) is 18.6 Å². The fourth-order valence-electron chi connectivity index (χ4n) is 8.36. The van der Waals surface area contributed by atoms with Gasteiger partial charge < -0.3 is 100 Å². The molecule has 69 heavy (non-hydrogen) atoms. The number of aryl methyl sites for hydroxylation is 1. The van der Waals surface area contributed by atoms with Crippen LogP contribution in [0.5, 0.6) is 5.75 Å². The highest BCUT2D eigenvalue weighted by Crippen LogP contribution is 2.33. The monoisotopic (exact) mass is 1000 g/mol. The van der Waals surface area contributed by atoms with Crippen molar-refractivity contribution in [3.05, 3.63) is 71.1 Å². The summed E-state index contributed by atoms with van der Waals surface area (Å²) in [7, 11) is 0. The molecule has 15 N–H and O–H groups in total. The first-order valence-electron chi connectivity index (χ1n) is 22.4. The number of pyridine rings is 1. The number of ether oxygens (including phenoxy) is 6. The van der Waals surface area contributed by atoms with Crippen LogP contribution in [-0.2, 0) is 47.7 Å². The Hall–Kier alpha value is -3.36. The summed E-state index contributed by atoms with van der Waals surface area (Å²) in [6, 6.07) is 9.61. The molecule has 2 amide bonds. The van der Waals surface area contributed by atoms with Crippen molar-refractivity contribution < 1.29 is 104 Å². The molecule has 4 fully saturated rings. The average Bonchev–Trinajstić information content (AvgIpc) is 3.67. The van der Waals surface area contributed by atoms with Crippen LogP contribution in [0, 0.1) is 0 Å². The first kappa shape index (κ1) is 55.0. The molecule has 2 aromatic rings. The molecule has 1 aromatic heterocycles. The van der Waals surface area contributed by atoms with Gasteiger partial charge in [-0.25, -0.2) is 0 Å². The minimum atomic E-state index is -1.93. The number of thioether (sulfide) groups is 1. The molecule has 0 bridgehead atoms. The maximum absolute atomic E-state index is 11.6. The standard InChI is InChI=1S/C25H43NO18.C19H20N2O3S/c1-6-11(26-8-2-7(3-27)12(30)15(33)13(8)31)14(32)19(37)24(40-6)43-22-10(5-29)42-25(20(38)17(22)35)44-21-9(4-28)41-23(39)18(36)16(21)34;1-2-13-3-6-15(20-12-13)9-10-24-16-7-4-14(5-8-16)11-17-18(22)21-19(23)25-17/h2,6,8-39H,3-5H2,1H3;3-8,12,17H,2,9-11H2,1H3,(H,21,22,23)/t6-,8+,9-,10-,11-,12-,13+,14+,15+,16-,17-,18-,19-,20-,21-,22-,23-,24-,25-;/m1./s1. The van der Waals surface area contributed by atoms with Gasteiger partial charge in [-0.3, -0.25) is 19.9 Å². The van der Waals surface area contributed by atoms with Crippen LogP contribution in [0.4, 0.5) is 4.79 Å². The number of carbonyl (C=O) groups is 2. The van der Waals surface area contributed by atoms with Crippen LogP contribution in [0.3, 0.4) is 0 Å². The number of rotatable bonds is 16. The Kier molecular flexibility index (Phi) is 19.8. The minimum Gasteiger partial charge on any atom is -0.493 e. The summed E-state index contributed by atoms with van der Waals surface area (Å²) in [5.41, 5.74) is 3.28. The van der Waals surface area contributed by atoms with Crippen LogP contribution in [0.25, 0.3) is 0 Å². The lowest BCUT2D eigenvalue weighted by atomic mass is 9.86. The van der Waals surface area contributed by atoms with Gasteiger partial charge >= 0.3 is 0 Å². The second-order valence-corrected chi connectivity index (χ2v) is 18.4. The summed E-state index contributed by atoms with van der Waals surface area (Å²) in [5, 5.41) is 137. The van der Waals surface area contributed by atoms with E-state index >= 15 is 0 Å². The third kappa shape index (κ3) is 13.2. The molecular weight excluding hydrogens is 939 g/mol. The second-order valence-electron chi connectivity index (χ2n) is 17.2. The Labute approximate surface area is 400 Å². The summed E-state index contributed by atoms with van der Waals surface area (Å²) in [4.78, 5) is 27.2. The van der Waals surface area contributed by atoms with Gasteiger partial charge in [-0.1, -0.05) is 43.0 Å². The van der Waals surface area contributed by atoms with E-state index in [2.05, 4.69) is 28.6 Å². The van der Waals surface area contributed by atoms with E-state index in [9.17, 15) is 76.0 Å². The van der Waals surface area contributed by atoms with E-state index in [0.717, 1.165) is 41.6 Å². The van der Waals surface area contributed by atoms with Crippen LogP contribution in [-0.4, -0.2) is 231 Å². The maximum Gasteiger partial charge on any atom is 0.286 e. The Morgan fingerprint density at radius 2 is 1.33 bits per heavy atom. The summed E-state index contributed by atoms with van der Waals surface area (Å²) in [6.07, 6.45) is -22.4. The molecule has 25 heteroatoms. The van der Waals surface area contributed by atoms with Crippen LogP contribution < -0.4 is 15.4 Å². The van der Waals surface area contributed by atoms with E-state index in [1.807, 2.05) is 36.5 Å². The number of hydrogen-bond acceptors (Lipinski definition) is 24. The fourth-order valence-corrected chi connectivity index (χ4v) is 9.22. The van der Waals surface area contributed by atoms with Gasteiger partial charge in [0.25, 0.3) is 5.24 Å². The quantitative estimate of drug-likeness (QED) is 0.0698. The molecule has 4 aliphatic heterocycles. The Balaban J connectivity index is 0.000000264. The van der Waals surface area contributed by atoms with Crippen molar-refractivity contribution in [2.45, 2.75) is 155 Å². The number of carbonyl (C=O) groups excluding carboxylic acids is 2. The molecule has 0 saturated carbocycles. The van der Waals surface area contributed by atoms with Crippen LogP contribution >= 0.6 is 11.8 Å². The number of benzene rings is 1. The van der Waals surface area contributed by atoms with Crippen molar-refractivity contribution in [1.82, 2.24) is 15.6 Å². The molecule has 5 heterocycles. The zero-order chi connectivity index (χ0) is 50.3. The number of imide groups is 1. The lowest BCUT2D eigenvalue weighted by Gasteiger charge is -2.48. The lowest BCUT2D eigenvalue weighted by molar-refractivity contribution is -0.373. The maximum atomic E-state index is 11.6. The van der Waals surface area contributed by atoms with Crippen molar-refractivity contribution in [3.8, 4) is 5.75 Å². The van der Waals surface area contributed by atoms with Gasteiger partial charge in [0.05, 0.1) is 49.9 Å². The van der Waals surface area contributed by atoms with Crippen LogP contribution in [0.1, 0.15) is 30.7 Å². The zero-order valence-electron chi connectivity index (χ0n) is 37.6. The SMILES string of the molecule is CCc1ccc(CCOc2ccc(CC3SC(=O)NC3=O)cc2)nc1.C[C@H]1O[C@H](O[C@H]2[C@H](O)[C@@H](O)[C@@H](O[C@H]3[C@H](O)[C@@H](O)[C@H](O)O[C@@H]3CO)O[C@@H]2CO)[C@H](O)[C@@H](O)[C@@H]1N[C@H]1C=C(CO)[C@@H](O)[C@H](O)[C@H]1O. The molecule has 5 aliphatic rings. The number of aliphatic hydroxyl groups is 13. The lowest BCUT2D eigenvalue weighted by Crippen LogP contribution is -2.68. The normalized spacial score (nSPS) is 39.3. The predicted octanol–water partition coefficient (Wildman–Crippen LogP) is -5.40. The van der Waals surface area contributed by atoms with E-state index in [-0.39, 0.29) is 22.0 Å². The molecule has 386 valence electrons. The summed E-state index contributed by atoms with van der Waals surface area (Å²) in [6.45, 7) is 1.92. The van der Waals surface area contributed by atoms with E-state index in [1.54, 1.807) is 0 Å². The van der Waals surface area contributed by atoms with Crippen LogP contribution in [0.2, 0.25) is 0 Å². The number of hydrogen-bond donors (Lipinski definition) is 15. The molecule has 24 nitrogen and oxygen atoms in total. The first-order valence-corrected chi connectivity index (χ1v) is 23.3. The van der Waals surface area contributed by atoms with Gasteiger partial charge in [0, 0.05) is 18.3 Å². The molecular formula is C44H63N3O21S. The summed E-state index contributed by atoms with van der Waals surface area (Å²) < 4.78 is 33.1. The van der Waals surface area contributed by atoms with Gasteiger partial charge in [-0.2, -0.15) is 0 Å². The van der Waals surface area contributed by atoms with Crippen LogP contribution in [0.15, 0.2) is 54.2 Å². The zero-order valence-corrected chi connectivity index (χ0v) is 38.4. The number of nitrogens with zero attached hydrogens (tertiary/aromatic N) is 1. The first-order chi connectivity index (χ1) is 32.9. The molecule has 0 radical (unpaired) electrons. The summed E-state index contributed by atoms with van der Waals surface area (Å²) >= 11 is 1.05. The highest BCUT2D eigenvalue weighted by atomic mass is 32.2. The minimum absolute atomic E-state index is 0.0225.